The average Bonchev–Trinajstić information content (AvgIpc) is 2.37. The number of benzene rings is 1. The zero-order valence-electron chi connectivity index (χ0n) is 10.9. The summed E-state index contributed by atoms with van der Waals surface area (Å²) in [6.07, 6.45) is 0.328. The maximum absolute atomic E-state index is 14.1. The van der Waals surface area contributed by atoms with Gasteiger partial charge < -0.3 is 10.2 Å². The van der Waals surface area contributed by atoms with E-state index in [1.807, 2.05) is 0 Å². The standard InChI is InChI=1S/C14H16F2N2O2/c15-14(16)10-18(7-6-13(14)8-17-9-13)20-12(19)11-4-2-1-3-5-11/h1-5,17H,6-10H2. The van der Waals surface area contributed by atoms with Crippen molar-refractivity contribution in [3.8, 4) is 0 Å². The topological polar surface area (TPSA) is 41.6 Å². The Morgan fingerprint density at radius 1 is 1.25 bits per heavy atom. The normalized spacial score (nSPS) is 24.1. The quantitative estimate of drug-likeness (QED) is 0.896. The molecule has 0 bridgehead atoms. The lowest BCUT2D eigenvalue weighted by atomic mass is 9.71. The molecule has 4 nitrogen and oxygen atoms in total. The molecule has 2 aliphatic heterocycles. The van der Waals surface area contributed by atoms with E-state index < -0.39 is 23.9 Å². The first kappa shape index (κ1) is 13.5. The van der Waals surface area contributed by atoms with E-state index in [4.69, 9.17) is 4.84 Å². The number of carbonyl (C=O) groups is 1. The van der Waals surface area contributed by atoms with E-state index in [0.717, 1.165) is 5.06 Å². The van der Waals surface area contributed by atoms with E-state index in [-0.39, 0.29) is 0 Å². The van der Waals surface area contributed by atoms with Crippen LogP contribution in [-0.4, -0.2) is 43.1 Å². The molecule has 20 heavy (non-hydrogen) atoms. The summed E-state index contributed by atoms with van der Waals surface area (Å²) in [7, 11) is 0. The Balaban J connectivity index is 1.64. The molecule has 1 spiro atoms. The molecule has 108 valence electrons. The molecule has 1 N–H and O–H groups in total. The van der Waals surface area contributed by atoms with Crippen molar-refractivity contribution in [3.05, 3.63) is 35.9 Å². The van der Waals surface area contributed by atoms with Crippen LogP contribution in [0.5, 0.6) is 0 Å². The molecule has 3 rings (SSSR count). The number of carbonyl (C=O) groups excluding carboxylic acids is 1. The van der Waals surface area contributed by atoms with E-state index in [1.54, 1.807) is 30.3 Å². The number of rotatable bonds is 2. The number of halogens is 2. The summed E-state index contributed by atoms with van der Waals surface area (Å²) in [6.45, 7) is 0.476. The van der Waals surface area contributed by atoms with Gasteiger partial charge in [-0.3, -0.25) is 0 Å². The first-order chi connectivity index (χ1) is 9.52. The molecule has 0 atom stereocenters. The van der Waals surface area contributed by atoms with Crippen LogP contribution in [0.1, 0.15) is 16.8 Å². The van der Waals surface area contributed by atoms with Crippen LogP contribution in [-0.2, 0) is 4.84 Å². The second-order valence-corrected chi connectivity index (χ2v) is 5.45. The van der Waals surface area contributed by atoms with Gasteiger partial charge in [-0.15, -0.1) is 5.06 Å². The van der Waals surface area contributed by atoms with Gasteiger partial charge >= 0.3 is 5.97 Å². The van der Waals surface area contributed by atoms with Gasteiger partial charge in [-0.1, -0.05) is 18.2 Å². The van der Waals surface area contributed by atoms with Gasteiger partial charge in [0, 0.05) is 19.6 Å². The molecule has 2 heterocycles. The van der Waals surface area contributed by atoms with Crippen molar-refractivity contribution >= 4 is 5.97 Å². The molecule has 6 heteroatoms. The number of piperidine rings is 1. The molecule has 0 aromatic heterocycles. The molecule has 0 aliphatic carbocycles. The first-order valence-electron chi connectivity index (χ1n) is 6.63. The molecule has 1 aromatic carbocycles. The molecule has 0 saturated carbocycles. The van der Waals surface area contributed by atoms with E-state index in [0.29, 0.717) is 31.6 Å². The largest absolute Gasteiger partial charge is 0.364 e. The monoisotopic (exact) mass is 282 g/mol. The number of hydrogen-bond donors (Lipinski definition) is 1. The second-order valence-electron chi connectivity index (χ2n) is 5.45. The third-order valence-corrected chi connectivity index (χ3v) is 4.14. The number of hydroxylamine groups is 2. The van der Waals surface area contributed by atoms with Crippen LogP contribution in [0.25, 0.3) is 0 Å². The van der Waals surface area contributed by atoms with Crippen molar-refractivity contribution in [1.29, 1.82) is 0 Å². The fourth-order valence-corrected chi connectivity index (χ4v) is 2.67. The van der Waals surface area contributed by atoms with E-state index in [2.05, 4.69) is 5.32 Å². The van der Waals surface area contributed by atoms with Gasteiger partial charge in [0.25, 0.3) is 5.92 Å². The fraction of sp³-hybridized carbons (Fsp3) is 0.500. The molecule has 0 radical (unpaired) electrons. The fourth-order valence-electron chi connectivity index (χ4n) is 2.67. The van der Waals surface area contributed by atoms with Crippen LogP contribution in [0.2, 0.25) is 0 Å². The van der Waals surface area contributed by atoms with Crippen molar-refractivity contribution < 1.29 is 18.4 Å². The molecular weight excluding hydrogens is 266 g/mol. The molecule has 1 aromatic rings. The number of hydrogen-bond acceptors (Lipinski definition) is 4. The predicted molar refractivity (Wildman–Crippen MR) is 68.3 cm³/mol. The highest BCUT2D eigenvalue weighted by Gasteiger charge is 2.60. The van der Waals surface area contributed by atoms with Gasteiger partial charge in [-0.25, -0.2) is 13.6 Å². The number of alkyl halides is 2. The van der Waals surface area contributed by atoms with Crippen molar-refractivity contribution in [2.24, 2.45) is 5.41 Å². The third kappa shape index (κ3) is 2.19. The molecular formula is C14H16F2N2O2. The van der Waals surface area contributed by atoms with Crippen LogP contribution in [0, 0.1) is 5.41 Å². The van der Waals surface area contributed by atoms with Crippen LogP contribution in [0.3, 0.4) is 0 Å². The maximum Gasteiger partial charge on any atom is 0.357 e. The van der Waals surface area contributed by atoms with Gasteiger partial charge in [0.2, 0.25) is 0 Å². The van der Waals surface area contributed by atoms with E-state index in [1.165, 1.54) is 0 Å². The lowest BCUT2D eigenvalue weighted by molar-refractivity contribution is -0.248. The highest BCUT2D eigenvalue weighted by Crippen LogP contribution is 2.46. The van der Waals surface area contributed by atoms with E-state index >= 15 is 0 Å². The van der Waals surface area contributed by atoms with E-state index in [9.17, 15) is 13.6 Å². The Labute approximate surface area is 115 Å². The smallest absolute Gasteiger partial charge is 0.357 e. The lowest BCUT2D eigenvalue weighted by Crippen LogP contribution is -2.69. The zero-order chi connectivity index (χ0) is 14.2. The Kier molecular flexibility index (Phi) is 3.22. The Hall–Kier alpha value is -1.53. The van der Waals surface area contributed by atoms with Gasteiger partial charge in [-0.2, -0.15) is 0 Å². The molecule has 2 fully saturated rings. The minimum absolute atomic E-state index is 0.328. The van der Waals surface area contributed by atoms with Crippen LogP contribution < -0.4 is 5.32 Å². The number of nitrogens with one attached hydrogen (secondary N) is 1. The Morgan fingerprint density at radius 3 is 2.50 bits per heavy atom. The molecule has 0 amide bonds. The van der Waals surface area contributed by atoms with Crippen LogP contribution in [0.4, 0.5) is 8.78 Å². The van der Waals surface area contributed by atoms with Crippen molar-refractivity contribution in [2.75, 3.05) is 26.2 Å². The Morgan fingerprint density at radius 2 is 1.95 bits per heavy atom. The first-order valence-corrected chi connectivity index (χ1v) is 6.63. The lowest BCUT2D eigenvalue weighted by Gasteiger charge is -2.52. The van der Waals surface area contributed by atoms with Crippen LogP contribution >= 0.6 is 0 Å². The zero-order valence-corrected chi connectivity index (χ0v) is 10.9. The second kappa shape index (κ2) is 4.79. The molecule has 2 saturated heterocycles. The Bertz CT molecular complexity index is 503. The SMILES string of the molecule is O=C(ON1CCC2(CNC2)C(F)(F)C1)c1ccccc1. The van der Waals surface area contributed by atoms with Gasteiger partial charge in [0.15, 0.2) is 0 Å². The van der Waals surface area contributed by atoms with Crippen LogP contribution in [0.15, 0.2) is 30.3 Å². The van der Waals surface area contributed by atoms with Crippen molar-refractivity contribution in [2.45, 2.75) is 12.3 Å². The van der Waals surface area contributed by atoms with Crippen molar-refractivity contribution in [1.82, 2.24) is 10.4 Å². The number of nitrogens with zero attached hydrogens (tertiary/aromatic N) is 1. The summed E-state index contributed by atoms with van der Waals surface area (Å²) >= 11 is 0. The van der Waals surface area contributed by atoms with Gasteiger partial charge in [0.05, 0.1) is 17.5 Å². The maximum atomic E-state index is 14.1. The summed E-state index contributed by atoms with van der Waals surface area (Å²) in [6, 6.07) is 8.38. The summed E-state index contributed by atoms with van der Waals surface area (Å²) in [5.74, 6) is -3.43. The highest BCUT2D eigenvalue weighted by atomic mass is 19.3. The molecule has 0 unspecified atom stereocenters. The summed E-state index contributed by atoms with van der Waals surface area (Å²) in [5, 5.41) is 3.98. The average molecular weight is 282 g/mol. The minimum Gasteiger partial charge on any atom is -0.364 e. The van der Waals surface area contributed by atoms with Gasteiger partial charge in [0.1, 0.15) is 0 Å². The molecule has 2 aliphatic rings. The minimum atomic E-state index is -2.84. The highest BCUT2D eigenvalue weighted by molar-refractivity contribution is 5.89. The summed E-state index contributed by atoms with van der Waals surface area (Å²) in [4.78, 5) is 16.9. The third-order valence-electron chi connectivity index (χ3n) is 4.14. The summed E-state index contributed by atoms with van der Waals surface area (Å²) < 4.78 is 28.3. The summed E-state index contributed by atoms with van der Waals surface area (Å²) in [5.41, 5.74) is -0.593. The van der Waals surface area contributed by atoms with Crippen molar-refractivity contribution in [3.63, 3.8) is 0 Å². The predicted octanol–water partition coefficient (Wildman–Crippen LogP) is 1.69. The van der Waals surface area contributed by atoms with Gasteiger partial charge in [-0.05, 0) is 18.6 Å².